The van der Waals surface area contributed by atoms with Crippen LogP contribution in [0, 0.1) is 11.7 Å². The largest absolute Gasteiger partial charge is 0.336 e. The van der Waals surface area contributed by atoms with Gasteiger partial charge in [-0.3, -0.25) is 14.6 Å². The predicted octanol–water partition coefficient (Wildman–Crippen LogP) is 5.68. The summed E-state index contributed by atoms with van der Waals surface area (Å²) in [4.78, 5) is 20.4. The number of amides is 1. The second kappa shape index (κ2) is 10.8. The summed E-state index contributed by atoms with van der Waals surface area (Å²) in [5.41, 5.74) is 5.13. The number of carbonyl (C=O) groups is 1. The van der Waals surface area contributed by atoms with Crippen LogP contribution in [0.25, 0.3) is 22.2 Å². The molecule has 1 saturated heterocycles. The van der Waals surface area contributed by atoms with Crippen LogP contribution in [0.1, 0.15) is 50.0 Å². The molecule has 3 heterocycles. The summed E-state index contributed by atoms with van der Waals surface area (Å²) in [6.07, 6.45) is 5.51. The molecular formula is C31H39FN4O. The standard InChI is InChI=1S/C31H39FN4O/c1-22(2)20-33-13-11-24(12-14-33)29-21-36(27-8-6-26(32)7-9-27)30-19-25(5-10-28(29)30)31(37)35-17-15-34(16-18-35)23(3)4/h5-11,19,21-23H,12-18,20H2,1-4H3. The number of benzene rings is 2. The summed E-state index contributed by atoms with van der Waals surface area (Å²) in [7, 11) is 0. The number of hydrogen-bond donors (Lipinski definition) is 0. The van der Waals surface area contributed by atoms with Crippen molar-refractivity contribution in [2.75, 3.05) is 45.8 Å². The van der Waals surface area contributed by atoms with Crippen LogP contribution in [0.2, 0.25) is 0 Å². The Hall–Kier alpha value is -2.96. The Bertz CT molecular complexity index is 1280. The van der Waals surface area contributed by atoms with Gasteiger partial charge in [0, 0.05) is 80.3 Å². The molecule has 3 aromatic rings. The summed E-state index contributed by atoms with van der Waals surface area (Å²) >= 11 is 0. The zero-order chi connectivity index (χ0) is 26.1. The van der Waals surface area contributed by atoms with E-state index in [2.05, 4.69) is 60.4 Å². The lowest BCUT2D eigenvalue weighted by Gasteiger charge is -2.37. The number of fused-ring (bicyclic) bond motifs is 1. The van der Waals surface area contributed by atoms with E-state index in [-0.39, 0.29) is 11.7 Å². The van der Waals surface area contributed by atoms with Crippen LogP contribution in [-0.2, 0) is 0 Å². The fourth-order valence-corrected chi connectivity index (χ4v) is 5.69. The molecule has 0 N–H and O–H groups in total. The highest BCUT2D eigenvalue weighted by molar-refractivity contribution is 6.01. The van der Waals surface area contributed by atoms with E-state index in [1.54, 1.807) is 12.1 Å². The van der Waals surface area contributed by atoms with Crippen LogP contribution in [0.4, 0.5) is 4.39 Å². The summed E-state index contributed by atoms with van der Waals surface area (Å²) in [6, 6.07) is 13.2. The van der Waals surface area contributed by atoms with Gasteiger partial charge in [-0.1, -0.05) is 26.0 Å². The molecule has 6 heteroatoms. The SMILES string of the molecule is CC(C)CN1CC=C(c2cn(-c3ccc(F)cc3)c3cc(C(=O)N4CCN(C(C)C)CC4)ccc23)CC1. The molecule has 0 spiro atoms. The van der Waals surface area contributed by atoms with Crippen molar-refractivity contribution >= 4 is 22.4 Å². The molecule has 37 heavy (non-hydrogen) atoms. The highest BCUT2D eigenvalue weighted by Gasteiger charge is 2.25. The molecule has 0 bridgehead atoms. The minimum Gasteiger partial charge on any atom is -0.336 e. The van der Waals surface area contributed by atoms with Crippen molar-refractivity contribution in [1.29, 1.82) is 0 Å². The van der Waals surface area contributed by atoms with Crippen molar-refractivity contribution < 1.29 is 9.18 Å². The Morgan fingerprint density at radius 1 is 0.946 bits per heavy atom. The molecule has 5 rings (SSSR count). The fraction of sp³-hybridized carbons (Fsp3) is 0.452. The highest BCUT2D eigenvalue weighted by Crippen LogP contribution is 2.34. The van der Waals surface area contributed by atoms with Crippen molar-refractivity contribution in [2.24, 2.45) is 5.92 Å². The number of hydrogen-bond acceptors (Lipinski definition) is 3. The second-order valence-electron chi connectivity index (χ2n) is 11.2. The molecule has 2 aromatic carbocycles. The topological polar surface area (TPSA) is 31.7 Å². The van der Waals surface area contributed by atoms with Crippen molar-refractivity contribution in [3.05, 3.63) is 71.7 Å². The molecule has 2 aliphatic rings. The van der Waals surface area contributed by atoms with E-state index in [4.69, 9.17) is 0 Å². The average Bonchev–Trinajstić information content (AvgIpc) is 3.28. The lowest BCUT2D eigenvalue weighted by molar-refractivity contribution is 0.0595. The monoisotopic (exact) mass is 502 g/mol. The third-order valence-electron chi connectivity index (χ3n) is 7.75. The minimum absolute atomic E-state index is 0.0833. The number of aromatic nitrogens is 1. The highest BCUT2D eigenvalue weighted by atomic mass is 19.1. The second-order valence-corrected chi connectivity index (χ2v) is 11.2. The van der Waals surface area contributed by atoms with Gasteiger partial charge in [-0.2, -0.15) is 0 Å². The summed E-state index contributed by atoms with van der Waals surface area (Å²) in [5.74, 6) is 0.483. The van der Waals surface area contributed by atoms with E-state index < -0.39 is 0 Å². The fourth-order valence-electron chi connectivity index (χ4n) is 5.69. The molecule has 0 aliphatic carbocycles. The molecule has 5 nitrogen and oxygen atoms in total. The zero-order valence-electron chi connectivity index (χ0n) is 22.6. The first kappa shape index (κ1) is 25.7. The van der Waals surface area contributed by atoms with E-state index in [1.807, 2.05) is 17.0 Å². The van der Waals surface area contributed by atoms with Crippen LogP contribution in [0.3, 0.4) is 0 Å². The maximum absolute atomic E-state index is 13.7. The lowest BCUT2D eigenvalue weighted by atomic mass is 9.97. The van der Waals surface area contributed by atoms with Gasteiger partial charge >= 0.3 is 0 Å². The van der Waals surface area contributed by atoms with Gasteiger partial charge in [0.05, 0.1) is 5.52 Å². The number of halogens is 1. The minimum atomic E-state index is -0.253. The number of nitrogens with zero attached hydrogens (tertiary/aromatic N) is 4. The van der Waals surface area contributed by atoms with Crippen LogP contribution >= 0.6 is 0 Å². The van der Waals surface area contributed by atoms with Crippen molar-refractivity contribution in [1.82, 2.24) is 19.3 Å². The Morgan fingerprint density at radius 3 is 2.30 bits per heavy atom. The van der Waals surface area contributed by atoms with E-state index in [0.29, 0.717) is 17.5 Å². The maximum Gasteiger partial charge on any atom is 0.254 e. The summed E-state index contributed by atoms with van der Waals surface area (Å²) in [5, 5.41) is 1.13. The Labute approximate surface area is 220 Å². The Kier molecular flexibility index (Phi) is 7.50. The van der Waals surface area contributed by atoms with Gasteiger partial charge in [0.1, 0.15) is 5.82 Å². The Morgan fingerprint density at radius 2 is 1.68 bits per heavy atom. The zero-order valence-corrected chi connectivity index (χ0v) is 22.6. The molecule has 0 saturated carbocycles. The van der Waals surface area contributed by atoms with E-state index in [1.165, 1.54) is 23.3 Å². The number of rotatable bonds is 6. The number of piperazine rings is 1. The predicted molar refractivity (Wildman–Crippen MR) is 150 cm³/mol. The average molecular weight is 503 g/mol. The van der Waals surface area contributed by atoms with Gasteiger partial charge < -0.3 is 9.47 Å². The maximum atomic E-state index is 13.7. The summed E-state index contributed by atoms with van der Waals surface area (Å²) < 4.78 is 15.8. The number of carbonyl (C=O) groups excluding carboxylic acids is 1. The van der Waals surface area contributed by atoms with E-state index >= 15 is 0 Å². The molecule has 196 valence electrons. The smallest absolute Gasteiger partial charge is 0.254 e. The molecule has 0 unspecified atom stereocenters. The molecule has 0 radical (unpaired) electrons. The van der Waals surface area contributed by atoms with Gasteiger partial charge in [-0.25, -0.2) is 4.39 Å². The molecule has 1 amide bonds. The first-order chi connectivity index (χ1) is 17.8. The normalized spacial score (nSPS) is 17.7. The van der Waals surface area contributed by atoms with Crippen molar-refractivity contribution in [3.8, 4) is 5.69 Å². The molecular weight excluding hydrogens is 463 g/mol. The Balaban J connectivity index is 1.49. The van der Waals surface area contributed by atoms with Crippen LogP contribution in [0.5, 0.6) is 0 Å². The molecule has 1 aromatic heterocycles. The quantitative estimate of drug-likeness (QED) is 0.435. The van der Waals surface area contributed by atoms with Crippen LogP contribution in [-0.4, -0.2) is 77.0 Å². The molecule has 1 fully saturated rings. The van der Waals surface area contributed by atoms with Gasteiger partial charge in [0.15, 0.2) is 0 Å². The first-order valence-corrected chi connectivity index (χ1v) is 13.7. The van der Waals surface area contributed by atoms with Gasteiger partial charge in [0.2, 0.25) is 0 Å². The van der Waals surface area contributed by atoms with Gasteiger partial charge in [-0.05, 0) is 68.2 Å². The van der Waals surface area contributed by atoms with Crippen LogP contribution < -0.4 is 0 Å². The van der Waals surface area contributed by atoms with Crippen molar-refractivity contribution in [3.63, 3.8) is 0 Å². The third kappa shape index (κ3) is 5.51. The van der Waals surface area contributed by atoms with Crippen LogP contribution in [0.15, 0.2) is 54.7 Å². The first-order valence-electron chi connectivity index (χ1n) is 13.7. The van der Waals surface area contributed by atoms with Crippen molar-refractivity contribution in [2.45, 2.75) is 40.2 Å². The summed E-state index contributed by atoms with van der Waals surface area (Å²) in [6.45, 7) is 15.4. The van der Waals surface area contributed by atoms with E-state index in [0.717, 1.165) is 68.8 Å². The van der Waals surface area contributed by atoms with Gasteiger partial charge in [0.25, 0.3) is 5.91 Å². The molecule has 0 atom stereocenters. The third-order valence-corrected chi connectivity index (χ3v) is 7.75. The van der Waals surface area contributed by atoms with E-state index in [9.17, 15) is 9.18 Å². The molecule has 2 aliphatic heterocycles. The van der Waals surface area contributed by atoms with Gasteiger partial charge in [-0.15, -0.1) is 0 Å². The lowest BCUT2D eigenvalue weighted by Crippen LogP contribution is -2.50.